The molecule has 0 saturated carbocycles. The van der Waals surface area contributed by atoms with Crippen molar-refractivity contribution in [3.63, 3.8) is 0 Å². The normalized spacial score (nSPS) is 10.9. The third-order valence-electron chi connectivity index (χ3n) is 4.76. The number of esters is 1. The van der Waals surface area contributed by atoms with Gasteiger partial charge in [-0.15, -0.1) is 0 Å². The topological polar surface area (TPSA) is 60.4 Å². The van der Waals surface area contributed by atoms with Crippen LogP contribution in [0.1, 0.15) is 39.5 Å². The molecule has 0 atom stereocenters. The zero-order valence-corrected chi connectivity index (χ0v) is 18.3. The van der Waals surface area contributed by atoms with Gasteiger partial charge in [-0.3, -0.25) is 0 Å². The number of methoxy groups -OCH3 is 2. The third-order valence-corrected chi connectivity index (χ3v) is 4.76. The van der Waals surface area contributed by atoms with E-state index in [0.717, 1.165) is 28.9 Å². The molecule has 29 heavy (non-hydrogen) atoms. The van der Waals surface area contributed by atoms with Crippen LogP contribution in [0.3, 0.4) is 0 Å². The molecule has 0 aliphatic heterocycles. The first-order valence-corrected chi connectivity index (χ1v) is 9.55. The van der Waals surface area contributed by atoms with Crippen molar-refractivity contribution in [2.75, 3.05) is 27.8 Å². The lowest BCUT2D eigenvalue weighted by atomic mass is 10.0. The van der Waals surface area contributed by atoms with E-state index in [2.05, 4.69) is 11.9 Å². The van der Waals surface area contributed by atoms with Crippen molar-refractivity contribution in [2.45, 2.75) is 34.3 Å². The Labute approximate surface area is 173 Å². The number of benzene rings is 2. The van der Waals surface area contributed by atoms with E-state index in [0.29, 0.717) is 22.6 Å². The summed E-state index contributed by atoms with van der Waals surface area (Å²) in [5.74, 6) is 0.871. The predicted octanol–water partition coefficient (Wildman–Crippen LogP) is 4.60. The molecule has 0 amide bonds. The van der Waals surface area contributed by atoms with Gasteiger partial charge in [0.1, 0.15) is 18.1 Å². The van der Waals surface area contributed by atoms with Gasteiger partial charge in [0.2, 0.25) is 0 Å². The first-order valence-electron chi connectivity index (χ1n) is 9.55. The van der Waals surface area contributed by atoms with Crippen LogP contribution in [0.25, 0.3) is 0 Å². The summed E-state index contributed by atoms with van der Waals surface area (Å²) >= 11 is 0. The molecule has 0 saturated heterocycles. The Balaban J connectivity index is 2.22. The molecule has 6 nitrogen and oxygen atoms in total. The van der Waals surface area contributed by atoms with E-state index >= 15 is 0 Å². The van der Waals surface area contributed by atoms with Gasteiger partial charge >= 0.3 is 5.97 Å². The lowest BCUT2D eigenvalue weighted by Crippen LogP contribution is -2.14. The van der Waals surface area contributed by atoms with Gasteiger partial charge in [-0.1, -0.05) is 0 Å². The summed E-state index contributed by atoms with van der Waals surface area (Å²) in [5.41, 5.74) is 4.79. The number of hydrogen-bond acceptors (Lipinski definition) is 5. The van der Waals surface area contributed by atoms with Crippen LogP contribution in [-0.4, -0.2) is 45.0 Å². The second-order valence-electron chi connectivity index (χ2n) is 7.00. The molecule has 0 unspecified atom stereocenters. The maximum atomic E-state index is 12.7. The highest BCUT2D eigenvalue weighted by Crippen LogP contribution is 2.31. The summed E-state index contributed by atoms with van der Waals surface area (Å²) in [5, 5.41) is 0. The first kappa shape index (κ1) is 22.3. The fourth-order valence-electron chi connectivity index (χ4n) is 2.88. The van der Waals surface area contributed by atoms with Crippen molar-refractivity contribution >= 4 is 18.0 Å². The summed E-state index contributed by atoms with van der Waals surface area (Å²) in [7, 11) is 5.13. The smallest absolute Gasteiger partial charge is 0.338 e. The molecule has 0 aliphatic rings. The number of nitrogens with zero attached hydrogens (tertiary/aromatic N) is 2. The highest BCUT2D eigenvalue weighted by atomic mass is 16.5. The van der Waals surface area contributed by atoms with Crippen LogP contribution in [0.4, 0.5) is 5.69 Å². The standard InChI is InChI=1S/C23H30N2O4/c1-8-25(5)14-24-20-12-16(3)18(11-17(20)4)23(26)29-13-19-21(27-6)9-15(2)10-22(19)28-7/h9-12,14H,8,13H2,1-7H3. The number of carbonyl (C=O) groups excluding carboxylic acids is 1. The van der Waals surface area contributed by atoms with Crippen LogP contribution in [-0.2, 0) is 11.3 Å². The quantitative estimate of drug-likeness (QED) is 0.370. The molecule has 0 radical (unpaired) electrons. The van der Waals surface area contributed by atoms with Crippen molar-refractivity contribution in [1.82, 2.24) is 4.90 Å². The van der Waals surface area contributed by atoms with Crippen LogP contribution in [0, 0.1) is 20.8 Å². The summed E-state index contributed by atoms with van der Waals surface area (Å²) in [6.45, 7) is 8.76. The monoisotopic (exact) mass is 398 g/mol. The molecule has 6 heteroatoms. The minimum absolute atomic E-state index is 0.0607. The van der Waals surface area contributed by atoms with E-state index in [-0.39, 0.29) is 6.61 Å². The molecule has 0 N–H and O–H groups in total. The highest BCUT2D eigenvalue weighted by molar-refractivity contribution is 5.92. The van der Waals surface area contributed by atoms with Crippen LogP contribution < -0.4 is 9.47 Å². The highest BCUT2D eigenvalue weighted by Gasteiger charge is 2.17. The summed E-state index contributed by atoms with van der Waals surface area (Å²) in [4.78, 5) is 19.2. The minimum atomic E-state index is -0.392. The Morgan fingerprint density at radius 2 is 1.66 bits per heavy atom. The van der Waals surface area contributed by atoms with Gasteiger partial charge in [-0.2, -0.15) is 0 Å². The summed E-state index contributed by atoms with van der Waals surface area (Å²) < 4.78 is 16.4. The van der Waals surface area contributed by atoms with Gasteiger partial charge in [0.25, 0.3) is 0 Å². The van der Waals surface area contributed by atoms with E-state index in [4.69, 9.17) is 14.2 Å². The molecule has 2 aromatic rings. The van der Waals surface area contributed by atoms with E-state index in [1.807, 2.05) is 57.0 Å². The Morgan fingerprint density at radius 1 is 1.03 bits per heavy atom. The van der Waals surface area contributed by atoms with Crippen LogP contribution >= 0.6 is 0 Å². The largest absolute Gasteiger partial charge is 0.496 e. The molecule has 2 aromatic carbocycles. The molecule has 0 heterocycles. The number of aryl methyl sites for hydroxylation is 3. The fourth-order valence-corrected chi connectivity index (χ4v) is 2.88. The van der Waals surface area contributed by atoms with Gasteiger partial charge in [0.05, 0.1) is 37.4 Å². The summed E-state index contributed by atoms with van der Waals surface area (Å²) in [6, 6.07) is 7.50. The molecule has 0 bridgehead atoms. The fraction of sp³-hybridized carbons (Fsp3) is 0.391. The van der Waals surface area contributed by atoms with Crippen molar-refractivity contribution in [1.29, 1.82) is 0 Å². The number of ether oxygens (including phenoxy) is 3. The van der Waals surface area contributed by atoms with Gasteiger partial charge in [-0.25, -0.2) is 9.79 Å². The maximum Gasteiger partial charge on any atom is 0.338 e. The average molecular weight is 399 g/mol. The molecule has 0 aliphatic carbocycles. The molecule has 0 aromatic heterocycles. The van der Waals surface area contributed by atoms with Gasteiger partial charge < -0.3 is 19.1 Å². The zero-order valence-electron chi connectivity index (χ0n) is 18.3. The van der Waals surface area contributed by atoms with Crippen LogP contribution in [0.15, 0.2) is 29.3 Å². The lowest BCUT2D eigenvalue weighted by molar-refractivity contribution is 0.0466. The van der Waals surface area contributed by atoms with E-state index < -0.39 is 5.97 Å². The molecule has 0 fully saturated rings. The Kier molecular flexibility index (Phi) is 7.65. The number of rotatable bonds is 8. The number of aliphatic imine (C=N–C) groups is 1. The Bertz CT molecular complexity index is 881. The molecule has 156 valence electrons. The molecular formula is C23H30N2O4. The second kappa shape index (κ2) is 9.96. The van der Waals surface area contributed by atoms with E-state index in [1.165, 1.54) is 0 Å². The lowest BCUT2D eigenvalue weighted by Gasteiger charge is -2.15. The van der Waals surface area contributed by atoms with E-state index in [9.17, 15) is 4.79 Å². The minimum Gasteiger partial charge on any atom is -0.496 e. The van der Waals surface area contributed by atoms with Gasteiger partial charge in [0, 0.05) is 13.6 Å². The van der Waals surface area contributed by atoms with Crippen molar-refractivity contribution in [3.05, 3.63) is 52.1 Å². The van der Waals surface area contributed by atoms with Gasteiger partial charge in [0.15, 0.2) is 0 Å². The molecule has 0 spiro atoms. The number of hydrogen-bond donors (Lipinski definition) is 0. The summed E-state index contributed by atoms with van der Waals surface area (Å²) in [6.07, 6.45) is 1.79. The zero-order chi connectivity index (χ0) is 21.6. The van der Waals surface area contributed by atoms with Crippen LogP contribution in [0.5, 0.6) is 11.5 Å². The van der Waals surface area contributed by atoms with Gasteiger partial charge in [-0.05, 0) is 68.7 Å². The van der Waals surface area contributed by atoms with Crippen molar-refractivity contribution in [2.24, 2.45) is 4.99 Å². The van der Waals surface area contributed by atoms with E-state index in [1.54, 1.807) is 20.6 Å². The van der Waals surface area contributed by atoms with Crippen LogP contribution in [0.2, 0.25) is 0 Å². The SMILES string of the molecule is CCN(C)C=Nc1cc(C)c(C(=O)OCc2c(OC)cc(C)cc2OC)cc1C. The number of carbonyl (C=O) groups is 1. The molecular weight excluding hydrogens is 368 g/mol. The van der Waals surface area contributed by atoms with Crippen molar-refractivity contribution in [3.8, 4) is 11.5 Å². The third kappa shape index (κ3) is 5.50. The average Bonchev–Trinajstić information content (AvgIpc) is 2.71. The van der Waals surface area contributed by atoms with Crippen molar-refractivity contribution < 1.29 is 19.0 Å². The molecule has 2 rings (SSSR count). The predicted molar refractivity (Wildman–Crippen MR) is 116 cm³/mol. The second-order valence-corrected chi connectivity index (χ2v) is 7.00. The first-order chi connectivity index (χ1) is 13.8. The Morgan fingerprint density at radius 3 is 2.21 bits per heavy atom. The Hall–Kier alpha value is -3.02. The maximum absolute atomic E-state index is 12.7.